The van der Waals surface area contributed by atoms with Gasteiger partial charge in [0.1, 0.15) is 0 Å². The predicted molar refractivity (Wildman–Crippen MR) is 186 cm³/mol. The Labute approximate surface area is 271 Å². The normalized spacial score (nSPS) is 13.9. The Kier molecular flexibility index (Phi) is 30.3. The molecule has 0 aromatic rings. The lowest BCUT2D eigenvalue weighted by Crippen LogP contribution is -2.54. The molecule has 0 saturated carbocycles. The lowest BCUT2D eigenvalue weighted by atomic mass is 9.86. The summed E-state index contributed by atoms with van der Waals surface area (Å²) in [5, 5.41) is 20.9. The Morgan fingerprint density at radius 3 is 1.20 bits per heavy atom. The van der Waals surface area contributed by atoms with Gasteiger partial charge >= 0.3 is 0 Å². The van der Waals surface area contributed by atoms with Crippen LogP contribution in [0.2, 0.25) is 0 Å². The van der Waals surface area contributed by atoms with Crippen LogP contribution in [0.4, 0.5) is 0 Å². The first-order valence-electron chi connectivity index (χ1n) is 18.7. The van der Waals surface area contributed by atoms with Crippen LogP contribution in [0.5, 0.6) is 0 Å². The second-order valence-corrected chi connectivity index (χ2v) is 12.9. The number of rotatable bonds is 34. The Hall–Kier alpha value is -1.59. The molecule has 2 atom stereocenters. The van der Waals surface area contributed by atoms with Crippen molar-refractivity contribution < 1.29 is 24.6 Å². The first-order chi connectivity index (χ1) is 21.4. The van der Waals surface area contributed by atoms with Gasteiger partial charge in [-0.25, -0.2) is 0 Å². The monoisotopic (exact) mass is 619 g/mol. The zero-order valence-electron chi connectivity index (χ0n) is 28.9. The Morgan fingerprint density at radius 1 is 0.523 bits per heavy atom. The van der Waals surface area contributed by atoms with E-state index in [1.54, 1.807) is 0 Å². The van der Waals surface area contributed by atoms with Crippen molar-refractivity contribution in [3.8, 4) is 0 Å². The second kappa shape index (κ2) is 31.4. The summed E-state index contributed by atoms with van der Waals surface area (Å²) >= 11 is 0. The van der Waals surface area contributed by atoms with Gasteiger partial charge in [0.2, 0.25) is 5.60 Å². The number of ketones is 2. The maximum atomic E-state index is 12.6. The molecule has 5 heteroatoms. The molecule has 0 aliphatic carbocycles. The Bertz CT molecular complexity index is 743. The second-order valence-electron chi connectivity index (χ2n) is 12.9. The number of hydrogen-bond donors (Lipinski definition) is 2. The lowest BCUT2D eigenvalue weighted by Gasteiger charge is -2.25. The number of unbranched alkanes of at least 4 members (excludes halogenated alkanes) is 22. The summed E-state index contributed by atoms with van der Waals surface area (Å²) < 4.78 is 0. The third kappa shape index (κ3) is 23.7. The number of Topliss-reactive ketones (excluding diaryl/α,β-unsaturated/α-hetero) is 2. The zero-order chi connectivity index (χ0) is 32.6. The number of aldehydes is 1. The van der Waals surface area contributed by atoms with Crippen LogP contribution in [0.15, 0.2) is 24.3 Å². The average molecular weight is 619 g/mol. The highest BCUT2D eigenvalue weighted by molar-refractivity contribution is 6.07. The molecule has 0 aliphatic heterocycles. The molecule has 0 radical (unpaired) electrons. The molecule has 0 saturated heterocycles. The third-order valence-corrected chi connectivity index (χ3v) is 8.70. The number of aliphatic hydroxyl groups excluding tert-OH is 1. The molecule has 0 spiro atoms. The summed E-state index contributed by atoms with van der Waals surface area (Å²) in [6, 6.07) is 0. The Morgan fingerprint density at radius 2 is 0.841 bits per heavy atom. The zero-order valence-corrected chi connectivity index (χ0v) is 28.9. The van der Waals surface area contributed by atoms with Gasteiger partial charge in [0.15, 0.2) is 24.0 Å². The van der Waals surface area contributed by atoms with Crippen molar-refractivity contribution in [1.29, 1.82) is 0 Å². The van der Waals surface area contributed by atoms with Gasteiger partial charge in [0.25, 0.3) is 0 Å². The fourth-order valence-corrected chi connectivity index (χ4v) is 5.59. The van der Waals surface area contributed by atoms with Crippen LogP contribution in [-0.4, -0.2) is 39.8 Å². The first kappa shape index (κ1) is 42.4. The average Bonchev–Trinajstić information content (AvgIpc) is 3.03. The van der Waals surface area contributed by atoms with E-state index in [1.807, 2.05) is 0 Å². The van der Waals surface area contributed by atoms with Gasteiger partial charge < -0.3 is 10.2 Å². The maximum absolute atomic E-state index is 12.6. The number of allylic oxidation sites excluding steroid dienone is 4. The van der Waals surface area contributed by atoms with E-state index in [4.69, 9.17) is 0 Å². The van der Waals surface area contributed by atoms with Crippen molar-refractivity contribution >= 4 is 17.9 Å². The molecule has 0 aromatic heterocycles. The third-order valence-electron chi connectivity index (χ3n) is 8.70. The van der Waals surface area contributed by atoms with Crippen molar-refractivity contribution in [2.75, 3.05) is 0 Å². The van der Waals surface area contributed by atoms with E-state index in [2.05, 4.69) is 38.2 Å². The lowest BCUT2D eigenvalue weighted by molar-refractivity contribution is -0.162. The van der Waals surface area contributed by atoms with Gasteiger partial charge in [0.05, 0.1) is 0 Å². The van der Waals surface area contributed by atoms with E-state index in [0.717, 1.165) is 64.2 Å². The number of aliphatic hydroxyl groups is 2. The highest BCUT2D eigenvalue weighted by atomic mass is 16.4. The van der Waals surface area contributed by atoms with Crippen molar-refractivity contribution in [3.63, 3.8) is 0 Å². The summed E-state index contributed by atoms with van der Waals surface area (Å²) in [6.45, 7) is 4.49. The first-order valence-corrected chi connectivity index (χ1v) is 18.7. The molecule has 0 fully saturated rings. The van der Waals surface area contributed by atoms with Crippen molar-refractivity contribution in [2.45, 2.75) is 205 Å². The molecule has 0 rings (SSSR count). The largest absolute Gasteiger partial charge is 0.381 e. The van der Waals surface area contributed by atoms with Crippen molar-refractivity contribution in [2.24, 2.45) is 0 Å². The quantitative estimate of drug-likeness (QED) is 0.0324. The molecule has 5 nitrogen and oxygen atoms in total. The van der Waals surface area contributed by atoms with Crippen LogP contribution in [0.3, 0.4) is 0 Å². The molecule has 44 heavy (non-hydrogen) atoms. The smallest absolute Gasteiger partial charge is 0.211 e. The molecule has 0 heterocycles. The summed E-state index contributed by atoms with van der Waals surface area (Å²) in [5.74, 6) is -1.38. The Balaban J connectivity index is 3.90. The number of carbonyl (C=O) groups is 3. The van der Waals surface area contributed by atoms with Crippen molar-refractivity contribution in [3.05, 3.63) is 24.3 Å². The minimum Gasteiger partial charge on any atom is -0.381 e. The molecule has 256 valence electrons. The summed E-state index contributed by atoms with van der Waals surface area (Å²) in [4.78, 5) is 36.6. The van der Waals surface area contributed by atoms with Crippen LogP contribution in [0, 0.1) is 0 Å². The van der Waals surface area contributed by atoms with Gasteiger partial charge in [-0.1, -0.05) is 141 Å². The molecule has 0 amide bonds. The molecular weight excluding hydrogens is 548 g/mol. The molecule has 2 unspecified atom stereocenters. The van der Waals surface area contributed by atoms with E-state index in [9.17, 15) is 24.6 Å². The number of carbonyl (C=O) groups excluding carboxylic acids is 3. The van der Waals surface area contributed by atoms with E-state index < -0.39 is 23.3 Å². The molecule has 0 aliphatic rings. The van der Waals surface area contributed by atoms with Crippen LogP contribution in [0.25, 0.3) is 0 Å². The minimum atomic E-state index is -2.63. The highest BCUT2D eigenvalue weighted by Crippen LogP contribution is 2.19. The minimum absolute atomic E-state index is 0.00879. The van der Waals surface area contributed by atoms with Gasteiger partial charge in [0, 0.05) is 12.8 Å². The van der Waals surface area contributed by atoms with Gasteiger partial charge in [-0.3, -0.25) is 14.4 Å². The fraction of sp³-hybridized carbons (Fsp3) is 0.821. The summed E-state index contributed by atoms with van der Waals surface area (Å²) in [6.07, 6.45) is 36.9. The van der Waals surface area contributed by atoms with Crippen molar-refractivity contribution in [1.82, 2.24) is 0 Å². The fourth-order valence-electron chi connectivity index (χ4n) is 5.59. The van der Waals surface area contributed by atoms with Gasteiger partial charge in [-0.2, -0.15) is 0 Å². The van der Waals surface area contributed by atoms with E-state index in [-0.39, 0.29) is 19.1 Å². The van der Waals surface area contributed by atoms with Crippen LogP contribution >= 0.6 is 0 Å². The van der Waals surface area contributed by atoms with Gasteiger partial charge in [-0.05, 0) is 64.2 Å². The van der Waals surface area contributed by atoms with Gasteiger partial charge in [-0.15, -0.1) is 0 Å². The number of hydrogen-bond acceptors (Lipinski definition) is 5. The van der Waals surface area contributed by atoms with Crippen LogP contribution in [0.1, 0.15) is 194 Å². The maximum Gasteiger partial charge on any atom is 0.211 e. The van der Waals surface area contributed by atoms with Crippen LogP contribution in [-0.2, 0) is 14.4 Å². The van der Waals surface area contributed by atoms with E-state index in [0.29, 0.717) is 12.8 Å². The summed E-state index contributed by atoms with van der Waals surface area (Å²) in [7, 11) is 0. The molecular formula is C39H70O5. The molecule has 2 N–H and O–H groups in total. The molecule has 0 aromatic carbocycles. The van der Waals surface area contributed by atoms with Crippen LogP contribution < -0.4 is 0 Å². The topological polar surface area (TPSA) is 91.7 Å². The SMILES string of the molecule is CCCCCCCC/C=C\CCCCCCCC(=O)C(O)C(O)(C=O)C(=O)CCCCCCC/C=C\CCCCCCCC. The summed E-state index contributed by atoms with van der Waals surface area (Å²) in [5.41, 5.74) is -2.63. The van der Waals surface area contributed by atoms with E-state index >= 15 is 0 Å². The highest BCUT2D eigenvalue weighted by Gasteiger charge is 2.45. The molecule has 0 bridgehead atoms. The standard InChI is InChI=1S/C39H70O5/c1-3-5-7-9-11-13-15-17-19-21-23-25-27-29-31-33-36(41)38(43)39(44,35-40)37(42)34-32-30-28-26-24-22-20-18-16-14-12-10-8-6-4-2/h17-20,35,38,43-44H,3-16,21-34H2,1-2H3/b19-17-,20-18-. The van der Waals surface area contributed by atoms with E-state index in [1.165, 1.54) is 89.9 Å². The predicted octanol–water partition coefficient (Wildman–Crippen LogP) is 10.5.